The zero-order chi connectivity index (χ0) is 14.5. The molecule has 1 N–H and O–H groups in total. The van der Waals surface area contributed by atoms with E-state index < -0.39 is 0 Å². The van der Waals surface area contributed by atoms with Gasteiger partial charge in [0.1, 0.15) is 5.82 Å². The molecule has 1 aromatic rings. The summed E-state index contributed by atoms with van der Waals surface area (Å²) >= 11 is 6.16. The van der Waals surface area contributed by atoms with E-state index in [1.54, 1.807) is 12.1 Å². The lowest BCUT2D eigenvalue weighted by Crippen LogP contribution is -2.33. The van der Waals surface area contributed by atoms with Crippen molar-refractivity contribution in [1.82, 2.24) is 5.32 Å². The Labute approximate surface area is 121 Å². The molecule has 1 nitrogen and oxygen atoms in total. The van der Waals surface area contributed by atoms with E-state index in [1.165, 1.54) is 6.07 Å². The monoisotopic (exact) mass is 285 g/mol. The molecule has 0 radical (unpaired) electrons. The average molecular weight is 286 g/mol. The van der Waals surface area contributed by atoms with Crippen LogP contribution in [0.5, 0.6) is 0 Å². The van der Waals surface area contributed by atoms with Gasteiger partial charge in [0.05, 0.1) is 0 Å². The van der Waals surface area contributed by atoms with Crippen LogP contribution in [0.3, 0.4) is 0 Å². The Morgan fingerprint density at radius 3 is 2.58 bits per heavy atom. The Bertz CT molecular complexity index is 398. The molecule has 108 valence electrons. The third kappa shape index (κ3) is 5.50. The van der Waals surface area contributed by atoms with Crippen molar-refractivity contribution >= 4 is 11.6 Å². The molecule has 0 amide bonds. The second-order valence-corrected chi connectivity index (χ2v) is 6.61. The standard InChI is InChI=1S/C16H25ClFN/c1-5-8-19-11-13(16(2,3)4)9-12-10-14(18)6-7-15(12)17/h6-7,10,13,19H,5,8-9,11H2,1-4H3. The smallest absolute Gasteiger partial charge is 0.123 e. The third-order valence-electron chi connectivity index (χ3n) is 3.52. The van der Waals surface area contributed by atoms with Crippen molar-refractivity contribution in [2.45, 2.75) is 40.5 Å². The van der Waals surface area contributed by atoms with Crippen LogP contribution in [0.1, 0.15) is 39.7 Å². The Morgan fingerprint density at radius 2 is 2.00 bits per heavy atom. The molecule has 0 saturated heterocycles. The molecule has 0 aromatic heterocycles. The molecule has 0 saturated carbocycles. The summed E-state index contributed by atoms with van der Waals surface area (Å²) in [5, 5.41) is 4.12. The van der Waals surface area contributed by atoms with Gasteiger partial charge in [-0.3, -0.25) is 0 Å². The van der Waals surface area contributed by atoms with Crippen molar-refractivity contribution in [3.8, 4) is 0 Å². The first kappa shape index (κ1) is 16.5. The fourth-order valence-electron chi connectivity index (χ4n) is 2.10. The first-order valence-corrected chi connectivity index (χ1v) is 7.37. The van der Waals surface area contributed by atoms with Gasteiger partial charge in [-0.15, -0.1) is 0 Å². The molecule has 1 rings (SSSR count). The maximum absolute atomic E-state index is 13.3. The van der Waals surface area contributed by atoms with E-state index in [1.807, 2.05) is 0 Å². The quantitative estimate of drug-likeness (QED) is 0.748. The average Bonchev–Trinajstić information content (AvgIpc) is 2.31. The minimum atomic E-state index is -0.214. The number of hydrogen-bond acceptors (Lipinski definition) is 1. The molecule has 0 fully saturated rings. The van der Waals surface area contributed by atoms with E-state index in [9.17, 15) is 4.39 Å². The summed E-state index contributed by atoms with van der Waals surface area (Å²) in [7, 11) is 0. The third-order valence-corrected chi connectivity index (χ3v) is 3.89. The van der Waals surface area contributed by atoms with E-state index in [4.69, 9.17) is 11.6 Å². The van der Waals surface area contributed by atoms with Crippen LogP contribution in [0.2, 0.25) is 5.02 Å². The molecule has 1 atom stereocenters. The number of halogens is 2. The molecule has 1 aromatic carbocycles. The minimum Gasteiger partial charge on any atom is -0.316 e. The van der Waals surface area contributed by atoms with Crippen LogP contribution in [0.25, 0.3) is 0 Å². The molecule has 0 aliphatic rings. The van der Waals surface area contributed by atoms with Gasteiger partial charge in [0, 0.05) is 5.02 Å². The fraction of sp³-hybridized carbons (Fsp3) is 0.625. The van der Waals surface area contributed by atoms with Gasteiger partial charge in [0.25, 0.3) is 0 Å². The highest BCUT2D eigenvalue weighted by Gasteiger charge is 2.25. The van der Waals surface area contributed by atoms with Crippen LogP contribution in [0, 0.1) is 17.2 Å². The number of hydrogen-bond donors (Lipinski definition) is 1. The predicted octanol–water partition coefficient (Wildman–Crippen LogP) is 4.68. The predicted molar refractivity (Wildman–Crippen MR) is 81.2 cm³/mol. The van der Waals surface area contributed by atoms with Crippen LogP contribution in [0.15, 0.2) is 18.2 Å². The maximum Gasteiger partial charge on any atom is 0.123 e. The SMILES string of the molecule is CCCNCC(Cc1cc(F)ccc1Cl)C(C)(C)C. The van der Waals surface area contributed by atoms with Crippen LogP contribution in [0.4, 0.5) is 4.39 Å². The number of benzene rings is 1. The van der Waals surface area contributed by atoms with Crippen LogP contribution in [-0.2, 0) is 6.42 Å². The first-order valence-electron chi connectivity index (χ1n) is 6.99. The van der Waals surface area contributed by atoms with Gasteiger partial charge in [-0.05, 0) is 61.0 Å². The van der Waals surface area contributed by atoms with Gasteiger partial charge in [0.15, 0.2) is 0 Å². The zero-order valence-electron chi connectivity index (χ0n) is 12.4. The van der Waals surface area contributed by atoms with Crippen molar-refractivity contribution in [2.24, 2.45) is 11.3 Å². The Kier molecular flexibility index (Phi) is 6.28. The Balaban J connectivity index is 2.79. The summed E-state index contributed by atoms with van der Waals surface area (Å²) < 4.78 is 13.3. The summed E-state index contributed by atoms with van der Waals surface area (Å²) in [6.45, 7) is 10.8. The molecule has 0 bridgehead atoms. The van der Waals surface area contributed by atoms with E-state index in [0.29, 0.717) is 10.9 Å². The molecule has 1 unspecified atom stereocenters. The molecule has 0 aliphatic heterocycles. The Hall–Kier alpha value is -0.600. The van der Waals surface area contributed by atoms with Crippen molar-refractivity contribution in [2.75, 3.05) is 13.1 Å². The van der Waals surface area contributed by atoms with Gasteiger partial charge < -0.3 is 5.32 Å². The van der Waals surface area contributed by atoms with E-state index in [0.717, 1.165) is 31.5 Å². The number of nitrogens with one attached hydrogen (secondary N) is 1. The molecule has 0 spiro atoms. The maximum atomic E-state index is 13.3. The lowest BCUT2D eigenvalue weighted by Gasteiger charge is -2.31. The lowest BCUT2D eigenvalue weighted by molar-refractivity contribution is 0.231. The van der Waals surface area contributed by atoms with Crippen molar-refractivity contribution < 1.29 is 4.39 Å². The van der Waals surface area contributed by atoms with Crippen molar-refractivity contribution in [3.63, 3.8) is 0 Å². The summed E-state index contributed by atoms with van der Waals surface area (Å²) in [5.41, 5.74) is 1.07. The summed E-state index contributed by atoms with van der Waals surface area (Å²) in [5.74, 6) is 0.215. The van der Waals surface area contributed by atoms with Crippen LogP contribution in [-0.4, -0.2) is 13.1 Å². The van der Waals surface area contributed by atoms with E-state index in [2.05, 4.69) is 33.0 Å². The largest absolute Gasteiger partial charge is 0.316 e. The summed E-state index contributed by atoms with van der Waals surface area (Å²) in [4.78, 5) is 0. The molecular formula is C16H25ClFN. The molecule has 0 aliphatic carbocycles. The Morgan fingerprint density at radius 1 is 1.32 bits per heavy atom. The van der Waals surface area contributed by atoms with Gasteiger partial charge in [-0.25, -0.2) is 4.39 Å². The first-order chi connectivity index (χ1) is 8.84. The normalized spacial score (nSPS) is 13.6. The second-order valence-electron chi connectivity index (χ2n) is 6.21. The topological polar surface area (TPSA) is 12.0 Å². The fourth-order valence-corrected chi connectivity index (χ4v) is 2.30. The second kappa shape index (κ2) is 7.25. The van der Waals surface area contributed by atoms with E-state index >= 15 is 0 Å². The highest BCUT2D eigenvalue weighted by molar-refractivity contribution is 6.31. The van der Waals surface area contributed by atoms with Crippen molar-refractivity contribution in [3.05, 3.63) is 34.6 Å². The van der Waals surface area contributed by atoms with Crippen molar-refractivity contribution in [1.29, 1.82) is 0 Å². The number of rotatable bonds is 6. The van der Waals surface area contributed by atoms with Gasteiger partial charge in [0.2, 0.25) is 0 Å². The lowest BCUT2D eigenvalue weighted by atomic mass is 9.77. The zero-order valence-corrected chi connectivity index (χ0v) is 13.1. The van der Waals surface area contributed by atoms with Gasteiger partial charge in [-0.2, -0.15) is 0 Å². The van der Waals surface area contributed by atoms with Gasteiger partial charge >= 0.3 is 0 Å². The summed E-state index contributed by atoms with van der Waals surface area (Å²) in [6.07, 6.45) is 1.92. The van der Waals surface area contributed by atoms with E-state index in [-0.39, 0.29) is 11.2 Å². The molecule has 19 heavy (non-hydrogen) atoms. The minimum absolute atomic E-state index is 0.163. The highest BCUT2D eigenvalue weighted by Crippen LogP contribution is 2.31. The van der Waals surface area contributed by atoms with Gasteiger partial charge in [-0.1, -0.05) is 39.3 Å². The summed E-state index contributed by atoms with van der Waals surface area (Å²) in [6, 6.07) is 4.61. The highest BCUT2D eigenvalue weighted by atomic mass is 35.5. The molecular weight excluding hydrogens is 261 g/mol. The van der Waals surface area contributed by atoms with Crippen LogP contribution < -0.4 is 5.32 Å². The molecule has 3 heteroatoms. The van der Waals surface area contributed by atoms with Crippen LogP contribution >= 0.6 is 11.6 Å². The molecule has 0 heterocycles.